The van der Waals surface area contributed by atoms with E-state index in [1.54, 1.807) is 44.2 Å². The zero-order chi connectivity index (χ0) is 30.9. The third-order valence-corrected chi connectivity index (χ3v) is 9.01. The molecule has 43 heavy (non-hydrogen) atoms. The molecule has 1 aromatic heterocycles. The minimum absolute atomic E-state index is 0.150. The Bertz CT molecular complexity index is 1620. The molecule has 3 aromatic carbocycles. The lowest BCUT2D eigenvalue weighted by Gasteiger charge is -2.15. The molecule has 0 spiro atoms. The minimum Gasteiger partial charge on any atom is -0.462 e. The molecule has 0 aliphatic rings. The summed E-state index contributed by atoms with van der Waals surface area (Å²) in [5.74, 6) is -1.53. The van der Waals surface area contributed by atoms with Gasteiger partial charge in [0.05, 0.1) is 22.3 Å². The van der Waals surface area contributed by atoms with Crippen molar-refractivity contribution < 1.29 is 23.9 Å². The summed E-state index contributed by atoms with van der Waals surface area (Å²) in [4.78, 5) is 53.3. The molecular formula is C33H33N3O5S2. The van der Waals surface area contributed by atoms with Crippen LogP contribution in [0.15, 0.2) is 83.8 Å². The molecular weight excluding hydrogens is 583 g/mol. The van der Waals surface area contributed by atoms with Crippen molar-refractivity contribution in [2.45, 2.75) is 44.3 Å². The Hall–Kier alpha value is -4.41. The molecule has 1 atom stereocenters. The van der Waals surface area contributed by atoms with Crippen molar-refractivity contribution in [3.63, 3.8) is 0 Å². The number of hydrogen-bond donors (Lipinski definition) is 3. The van der Waals surface area contributed by atoms with E-state index >= 15 is 0 Å². The van der Waals surface area contributed by atoms with Crippen molar-refractivity contribution in [2.24, 2.45) is 0 Å². The second kappa shape index (κ2) is 14.7. The fraction of sp³-hybridized carbons (Fsp3) is 0.212. The van der Waals surface area contributed by atoms with Crippen molar-refractivity contribution in [3.8, 4) is 0 Å². The first-order valence-corrected chi connectivity index (χ1v) is 15.5. The third kappa shape index (κ3) is 8.12. The quantitative estimate of drug-likeness (QED) is 0.119. The van der Waals surface area contributed by atoms with Gasteiger partial charge in [0.25, 0.3) is 11.8 Å². The van der Waals surface area contributed by atoms with Crippen molar-refractivity contribution in [3.05, 3.63) is 106 Å². The normalized spacial score (nSPS) is 11.3. The number of aryl methyl sites for hydroxylation is 1. The molecule has 8 nitrogen and oxygen atoms in total. The number of thioether (sulfide) groups is 1. The zero-order valence-electron chi connectivity index (χ0n) is 24.4. The van der Waals surface area contributed by atoms with Crippen LogP contribution in [0.2, 0.25) is 0 Å². The summed E-state index contributed by atoms with van der Waals surface area (Å²) >= 11 is 2.38. The van der Waals surface area contributed by atoms with Crippen LogP contribution in [0.5, 0.6) is 0 Å². The average molecular weight is 616 g/mol. The summed E-state index contributed by atoms with van der Waals surface area (Å²) in [7, 11) is 0. The number of carbonyl (C=O) groups excluding carboxylic acids is 4. The van der Waals surface area contributed by atoms with Crippen molar-refractivity contribution in [2.75, 3.05) is 22.6 Å². The van der Waals surface area contributed by atoms with Crippen molar-refractivity contribution in [1.29, 1.82) is 0 Å². The maximum Gasteiger partial charge on any atom is 0.341 e. The lowest BCUT2D eigenvalue weighted by atomic mass is 10.1. The highest BCUT2D eigenvalue weighted by Crippen LogP contribution is 2.36. The molecule has 0 saturated heterocycles. The SMILES string of the molecule is CCOC(=O)c1c(NC(=O)C(CC)Sc2cccc(NC(=O)c3ccc(C)cc3)c2)sc(C(=O)Nc2ccccc2)c1C. The van der Waals surface area contributed by atoms with E-state index in [0.717, 1.165) is 21.8 Å². The van der Waals surface area contributed by atoms with Crippen LogP contribution < -0.4 is 16.0 Å². The number of nitrogens with one attached hydrogen (secondary N) is 3. The molecule has 0 radical (unpaired) electrons. The number of hydrogen-bond acceptors (Lipinski definition) is 7. The minimum atomic E-state index is -0.608. The molecule has 3 amide bonds. The van der Waals surface area contributed by atoms with Crippen LogP contribution in [0.3, 0.4) is 0 Å². The topological polar surface area (TPSA) is 114 Å². The maximum absolute atomic E-state index is 13.5. The van der Waals surface area contributed by atoms with Crippen LogP contribution >= 0.6 is 23.1 Å². The van der Waals surface area contributed by atoms with Gasteiger partial charge < -0.3 is 20.7 Å². The molecule has 0 bridgehead atoms. The Morgan fingerprint density at radius 3 is 2.16 bits per heavy atom. The van der Waals surface area contributed by atoms with Gasteiger partial charge in [-0.15, -0.1) is 23.1 Å². The number of carbonyl (C=O) groups is 4. The number of para-hydroxylation sites is 1. The molecule has 0 aliphatic carbocycles. The first-order chi connectivity index (χ1) is 20.7. The van der Waals surface area contributed by atoms with E-state index in [2.05, 4.69) is 16.0 Å². The van der Waals surface area contributed by atoms with Gasteiger partial charge in [-0.3, -0.25) is 14.4 Å². The number of anilines is 3. The standard InChI is InChI=1S/C33H33N3O5S2/c1-5-26(42-25-14-10-13-24(19-25)35-29(37)22-17-15-20(3)16-18-22)30(38)36-32-27(33(40)41-6-2)21(4)28(43-32)31(39)34-23-11-8-7-9-12-23/h7-19,26H,5-6H2,1-4H3,(H,34,39)(H,35,37)(H,36,38). The van der Waals surface area contributed by atoms with Gasteiger partial charge in [0.15, 0.2) is 0 Å². The monoisotopic (exact) mass is 615 g/mol. The molecule has 1 heterocycles. The van der Waals surface area contributed by atoms with Crippen LogP contribution in [0.25, 0.3) is 0 Å². The van der Waals surface area contributed by atoms with Crippen molar-refractivity contribution in [1.82, 2.24) is 0 Å². The summed E-state index contributed by atoms with van der Waals surface area (Å²) in [6.45, 7) is 7.37. The number of ether oxygens (including phenoxy) is 1. The predicted octanol–water partition coefficient (Wildman–Crippen LogP) is 7.56. The number of esters is 1. The summed E-state index contributed by atoms with van der Waals surface area (Å²) in [5, 5.41) is 8.37. The molecule has 0 saturated carbocycles. The summed E-state index contributed by atoms with van der Waals surface area (Å²) in [5.41, 5.74) is 3.44. The number of amides is 3. The second-order valence-corrected chi connectivity index (χ2v) is 11.9. The van der Waals surface area contributed by atoms with Crippen molar-refractivity contribution >= 4 is 63.2 Å². The number of rotatable bonds is 11. The second-order valence-electron chi connectivity index (χ2n) is 9.65. The first kappa shape index (κ1) is 31.5. The third-order valence-electron chi connectivity index (χ3n) is 6.45. The fourth-order valence-corrected chi connectivity index (χ4v) is 6.32. The Morgan fingerprint density at radius 1 is 0.814 bits per heavy atom. The number of thiophene rings is 1. The van der Waals surface area contributed by atoms with Gasteiger partial charge in [0.1, 0.15) is 5.00 Å². The van der Waals surface area contributed by atoms with E-state index in [4.69, 9.17) is 4.74 Å². The predicted molar refractivity (Wildman–Crippen MR) is 174 cm³/mol. The van der Waals surface area contributed by atoms with Crippen LogP contribution in [0.1, 0.15) is 61.8 Å². The Labute approximate surface area is 259 Å². The van der Waals surface area contributed by atoms with E-state index < -0.39 is 11.2 Å². The lowest BCUT2D eigenvalue weighted by molar-refractivity contribution is -0.115. The van der Waals surface area contributed by atoms with Crippen LogP contribution in [0.4, 0.5) is 16.4 Å². The smallest absolute Gasteiger partial charge is 0.341 e. The first-order valence-electron chi connectivity index (χ1n) is 13.8. The zero-order valence-corrected chi connectivity index (χ0v) is 26.0. The highest BCUT2D eigenvalue weighted by Gasteiger charge is 2.28. The van der Waals surface area contributed by atoms with Gasteiger partial charge in [-0.25, -0.2) is 4.79 Å². The van der Waals surface area contributed by atoms with Gasteiger partial charge >= 0.3 is 5.97 Å². The van der Waals surface area contributed by atoms with E-state index in [9.17, 15) is 19.2 Å². The van der Waals surface area contributed by atoms with Gasteiger partial charge in [0.2, 0.25) is 5.91 Å². The van der Waals surface area contributed by atoms with E-state index in [1.807, 2.05) is 62.4 Å². The highest BCUT2D eigenvalue weighted by atomic mass is 32.2. The van der Waals surface area contributed by atoms with E-state index in [-0.39, 0.29) is 34.9 Å². The van der Waals surface area contributed by atoms with Gasteiger partial charge in [-0.2, -0.15) is 0 Å². The van der Waals surface area contributed by atoms with Crippen LogP contribution in [-0.4, -0.2) is 35.5 Å². The van der Waals surface area contributed by atoms with Gasteiger partial charge in [0, 0.05) is 21.8 Å². The Kier molecular flexibility index (Phi) is 10.7. The molecule has 3 N–H and O–H groups in total. The lowest BCUT2D eigenvalue weighted by Crippen LogP contribution is -2.25. The molecule has 4 aromatic rings. The van der Waals surface area contributed by atoms with E-state index in [0.29, 0.717) is 33.8 Å². The molecule has 1 unspecified atom stereocenters. The fourth-order valence-electron chi connectivity index (χ4n) is 4.21. The maximum atomic E-state index is 13.5. The van der Waals surface area contributed by atoms with Crippen LogP contribution in [-0.2, 0) is 9.53 Å². The average Bonchev–Trinajstić information content (AvgIpc) is 3.32. The molecule has 4 rings (SSSR count). The van der Waals surface area contributed by atoms with Gasteiger partial charge in [-0.1, -0.05) is 48.9 Å². The summed E-state index contributed by atoms with van der Waals surface area (Å²) in [6.07, 6.45) is 0.497. The Morgan fingerprint density at radius 2 is 1.49 bits per heavy atom. The number of benzene rings is 3. The highest BCUT2D eigenvalue weighted by molar-refractivity contribution is 8.00. The largest absolute Gasteiger partial charge is 0.462 e. The molecule has 10 heteroatoms. The summed E-state index contributed by atoms with van der Waals surface area (Å²) in [6, 6.07) is 23.6. The molecule has 0 fully saturated rings. The molecule has 222 valence electrons. The summed E-state index contributed by atoms with van der Waals surface area (Å²) < 4.78 is 5.25. The van der Waals surface area contributed by atoms with Gasteiger partial charge in [-0.05, 0) is 75.2 Å². The van der Waals surface area contributed by atoms with E-state index in [1.165, 1.54) is 11.8 Å². The van der Waals surface area contributed by atoms with Crippen LogP contribution in [0, 0.1) is 13.8 Å². The molecule has 0 aliphatic heterocycles. The Balaban J connectivity index is 1.51.